The molecule has 0 amide bonds. The van der Waals surface area contributed by atoms with E-state index in [-0.39, 0.29) is 0 Å². The van der Waals surface area contributed by atoms with Gasteiger partial charge in [-0.15, -0.1) is 0 Å². The zero-order valence-electron chi connectivity index (χ0n) is 11.6. The van der Waals surface area contributed by atoms with Crippen molar-refractivity contribution in [1.29, 1.82) is 0 Å². The minimum absolute atomic E-state index is 0.636. The Hall–Kier alpha value is -1.04. The molecule has 0 aliphatic rings. The number of benzene rings is 1. The van der Waals surface area contributed by atoms with Gasteiger partial charge in [-0.1, -0.05) is 0 Å². The Morgan fingerprint density at radius 3 is 2.80 bits per heavy atom. The SMILES string of the molecule is CNCc1cc(Br)c(OCCc2ccsc2)c(OC)c1. The van der Waals surface area contributed by atoms with Crippen LogP contribution >= 0.6 is 27.3 Å². The Bertz CT molecular complexity index is 543. The number of hydrogen-bond donors (Lipinski definition) is 1. The first-order valence-corrected chi connectivity index (χ1v) is 8.13. The van der Waals surface area contributed by atoms with Gasteiger partial charge in [0, 0.05) is 13.0 Å². The third kappa shape index (κ3) is 3.98. The van der Waals surface area contributed by atoms with Crippen LogP contribution < -0.4 is 14.8 Å². The van der Waals surface area contributed by atoms with E-state index in [2.05, 4.69) is 44.1 Å². The normalized spacial score (nSPS) is 10.6. The molecular weight excluding hydrogens is 338 g/mol. The van der Waals surface area contributed by atoms with Gasteiger partial charge in [0.2, 0.25) is 0 Å². The maximum atomic E-state index is 5.88. The van der Waals surface area contributed by atoms with E-state index in [0.29, 0.717) is 6.61 Å². The van der Waals surface area contributed by atoms with Crippen molar-refractivity contribution < 1.29 is 9.47 Å². The van der Waals surface area contributed by atoms with Gasteiger partial charge in [-0.3, -0.25) is 0 Å². The van der Waals surface area contributed by atoms with Crippen LogP contribution in [0, 0.1) is 0 Å². The number of rotatable bonds is 7. The van der Waals surface area contributed by atoms with E-state index in [1.54, 1.807) is 18.4 Å². The van der Waals surface area contributed by atoms with Crippen molar-refractivity contribution in [3.63, 3.8) is 0 Å². The van der Waals surface area contributed by atoms with Crippen LogP contribution in [-0.4, -0.2) is 20.8 Å². The molecule has 0 aliphatic carbocycles. The minimum atomic E-state index is 0.636. The first-order valence-electron chi connectivity index (χ1n) is 6.39. The highest BCUT2D eigenvalue weighted by atomic mass is 79.9. The summed E-state index contributed by atoms with van der Waals surface area (Å²) in [5.74, 6) is 1.53. The molecule has 20 heavy (non-hydrogen) atoms. The molecule has 0 bridgehead atoms. The van der Waals surface area contributed by atoms with Gasteiger partial charge < -0.3 is 14.8 Å². The largest absolute Gasteiger partial charge is 0.493 e. The van der Waals surface area contributed by atoms with Crippen molar-refractivity contribution in [2.24, 2.45) is 0 Å². The molecule has 1 heterocycles. The van der Waals surface area contributed by atoms with Crippen molar-refractivity contribution in [2.75, 3.05) is 20.8 Å². The van der Waals surface area contributed by atoms with E-state index in [1.807, 2.05) is 13.1 Å². The molecule has 1 aromatic heterocycles. The molecule has 3 nitrogen and oxygen atoms in total. The molecule has 0 atom stereocenters. The van der Waals surface area contributed by atoms with Crippen LogP contribution in [0.25, 0.3) is 0 Å². The van der Waals surface area contributed by atoms with Crippen molar-refractivity contribution in [3.05, 3.63) is 44.6 Å². The predicted molar refractivity (Wildman–Crippen MR) is 87.0 cm³/mol. The number of hydrogen-bond acceptors (Lipinski definition) is 4. The number of methoxy groups -OCH3 is 1. The van der Waals surface area contributed by atoms with Crippen LogP contribution in [0.15, 0.2) is 33.4 Å². The lowest BCUT2D eigenvalue weighted by atomic mass is 10.2. The van der Waals surface area contributed by atoms with E-state index in [4.69, 9.17) is 9.47 Å². The summed E-state index contributed by atoms with van der Waals surface area (Å²) in [7, 11) is 3.59. The zero-order valence-corrected chi connectivity index (χ0v) is 14.0. The van der Waals surface area contributed by atoms with E-state index >= 15 is 0 Å². The van der Waals surface area contributed by atoms with Crippen LogP contribution in [0.4, 0.5) is 0 Å². The second-order valence-electron chi connectivity index (χ2n) is 4.37. The summed E-state index contributed by atoms with van der Waals surface area (Å²) in [6, 6.07) is 6.18. The topological polar surface area (TPSA) is 30.5 Å². The molecule has 0 unspecified atom stereocenters. The van der Waals surface area contributed by atoms with Crippen molar-refractivity contribution in [2.45, 2.75) is 13.0 Å². The second kappa shape index (κ2) is 7.67. The maximum Gasteiger partial charge on any atom is 0.175 e. The number of ether oxygens (including phenoxy) is 2. The quantitative estimate of drug-likeness (QED) is 0.817. The zero-order chi connectivity index (χ0) is 14.4. The smallest absolute Gasteiger partial charge is 0.175 e. The number of thiophene rings is 1. The van der Waals surface area contributed by atoms with Gasteiger partial charge >= 0.3 is 0 Å². The molecule has 0 saturated carbocycles. The first kappa shape index (κ1) is 15.4. The molecule has 1 N–H and O–H groups in total. The summed E-state index contributed by atoms with van der Waals surface area (Å²) in [4.78, 5) is 0. The molecular formula is C15H18BrNO2S. The lowest BCUT2D eigenvalue weighted by molar-refractivity contribution is 0.295. The van der Waals surface area contributed by atoms with Gasteiger partial charge in [0.1, 0.15) is 0 Å². The maximum absolute atomic E-state index is 5.88. The summed E-state index contributed by atoms with van der Waals surface area (Å²) in [6.45, 7) is 1.43. The van der Waals surface area contributed by atoms with Crippen molar-refractivity contribution >= 4 is 27.3 Å². The van der Waals surface area contributed by atoms with Crippen LogP contribution in [-0.2, 0) is 13.0 Å². The summed E-state index contributed by atoms with van der Waals surface area (Å²) >= 11 is 5.26. The van der Waals surface area contributed by atoms with Gasteiger partial charge in [-0.25, -0.2) is 0 Å². The lowest BCUT2D eigenvalue weighted by Gasteiger charge is -2.14. The molecule has 5 heteroatoms. The Morgan fingerprint density at radius 2 is 2.15 bits per heavy atom. The van der Waals surface area contributed by atoms with E-state index in [1.165, 1.54) is 5.56 Å². The summed E-state index contributed by atoms with van der Waals surface area (Å²) < 4.78 is 12.2. The van der Waals surface area contributed by atoms with Gasteiger partial charge in [0.25, 0.3) is 0 Å². The van der Waals surface area contributed by atoms with E-state index < -0.39 is 0 Å². The molecule has 0 radical (unpaired) electrons. The molecule has 0 fully saturated rings. The van der Waals surface area contributed by atoms with Crippen LogP contribution in [0.1, 0.15) is 11.1 Å². The highest BCUT2D eigenvalue weighted by Gasteiger charge is 2.11. The number of nitrogens with one attached hydrogen (secondary N) is 1. The standard InChI is InChI=1S/C15H18BrNO2S/c1-17-9-12-7-13(16)15(14(8-12)18-2)19-5-3-11-4-6-20-10-11/h4,6-8,10,17H,3,5,9H2,1-2H3. The van der Waals surface area contributed by atoms with Crippen LogP contribution in [0.2, 0.25) is 0 Å². The average Bonchev–Trinajstić information content (AvgIpc) is 2.94. The minimum Gasteiger partial charge on any atom is -0.493 e. The Morgan fingerprint density at radius 1 is 1.30 bits per heavy atom. The molecule has 0 spiro atoms. The highest BCUT2D eigenvalue weighted by Crippen LogP contribution is 2.36. The van der Waals surface area contributed by atoms with Gasteiger partial charge in [0.05, 0.1) is 18.2 Å². The Balaban J connectivity index is 2.06. The molecule has 1 aromatic carbocycles. The van der Waals surface area contributed by atoms with Crippen molar-refractivity contribution in [3.8, 4) is 11.5 Å². The second-order valence-corrected chi connectivity index (χ2v) is 6.00. The van der Waals surface area contributed by atoms with Gasteiger partial charge in [-0.2, -0.15) is 11.3 Å². The summed E-state index contributed by atoms with van der Waals surface area (Å²) in [5.41, 5.74) is 2.46. The average molecular weight is 356 g/mol. The summed E-state index contributed by atoms with van der Waals surface area (Å²) in [5, 5.41) is 7.35. The lowest BCUT2D eigenvalue weighted by Crippen LogP contribution is -2.07. The Kier molecular flexibility index (Phi) is 5.88. The third-order valence-electron chi connectivity index (χ3n) is 2.89. The van der Waals surface area contributed by atoms with E-state index in [9.17, 15) is 0 Å². The molecule has 108 valence electrons. The van der Waals surface area contributed by atoms with Crippen LogP contribution in [0.3, 0.4) is 0 Å². The third-order valence-corrected chi connectivity index (χ3v) is 4.21. The molecule has 0 saturated heterocycles. The number of halogens is 1. The fourth-order valence-electron chi connectivity index (χ4n) is 1.93. The molecule has 0 aliphatic heterocycles. The predicted octanol–water partition coefficient (Wildman–Crippen LogP) is 3.86. The van der Waals surface area contributed by atoms with Crippen molar-refractivity contribution in [1.82, 2.24) is 5.32 Å². The fraction of sp³-hybridized carbons (Fsp3) is 0.333. The van der Waals surface area contributed by atoms with E-state index in [0.717, 1.165) is 34.5 Å². The first-order chi connectivity index (χ1) is 9.74. The Labute approximate surface area is 132 Å². The fourth-order valence-corrected chi connectivity index (χ4v) is 3.23. The summed E-state index contributed by atoms with van der Waals surface area (Å²) in [6.07, 6.45) is 0.900. The molecule has 2 aromatic rings. The van der Waals surface area contributed by atoms with Gasteiger partial charge in [-0.05, 0) is 63.1 Å². The van der Waals surface area contributed by atoms with Crippen LogP contribution in [0.5, 0.6) is 11.5 Å². The highest BCUT2D eigenvalue weighted by molar-refractivity contribution is 9.10. The molecule has 2 rings (SSSR count). The monoisotopic (exact) mass is 355 g/mol. The van der Waals surface area contributed by atoms with Gasteiger partial charge in [0.15, 0.2) is 11.5 Å².